The van der Waals surface area contributed by atoms with Crippen molar-refractivity contribution in [1.29, 1.82) is 0 Å². The average Bonchev–Trinajstić information content (AvgIpc) is 2.57. The van der Waals surface area contributed by atoms with E-state index in [-0.39, 0.29) is 12.1 Å². The molecule has 1 heterocycles. The minimum absolute atomic E-state index is 0.0825. The van der Waals surface area contributed by atoms with Crippen LogP contribution in [0.5, 0.6) is 0 Å². The Kier molecular flexibility index (Phi) is 9.19. The van der Waals surface area contributed by atoms with E-state index in [0.717, 1.165) is 51.5 Å². The quantitative estimate of drug-likeness (QED) is 0.575. The number of hydrogen-bond acceptors (Lipinski definition) is 4. The number of aliphatic imine (C=N–C) groups is 1. The van der Waals surface area contributed by atoms with Crippen LogP contribution in [0, 0.1) is 0 Å². The number of ether oxygens (including phenoxy) is 2. The zero-order chi connectivity index (χ0) is 19.7. The number of rotatable bonds is 6. The van der Waals surface area contributed by atoms with E-state index in [0.29, 0.717) is 6.10 Å². The van der Waals surface area contributed by atoms with Gasteiger partial charge in [0.25, 0.3) is 0 Å². The molecule has 0 saturated carbocycles. The lowest BCUT2D eigenvalue weighted by molar-refractivity contribution is 0.0230. The second-order valence-electron chi connectivity index (χ2n) is 7.84. The molecule has 1 N–H and O–H groups in total. The predicted octanol–water partition coefficient (Wildman–Crippen LogP) is 2.71. The molecule has 0 aromatic rings. The summed E-state index contributed by atoms with van der Waals surface area (Å²) in [5, 5.41) is 3.42. The molecule has 1 aliphatic heterocycles. The van der Waals surface area contributed by atoms with E-state index in [1.807, 2.05) is 41.7 Å². The Morgan fingerprint density at radius 3 is 2.46 bits per heavy atom. The number of likely N-dealkylation sites (tertiary alicyclic amines) is 1. The SMILES string of the molecule is CCOC1CCN(C(=NC)NCCC(C)N(C)C(=O)OC(C)(C)C)CC1. The molecule has 1 amide bonds. The van der Waals surface area contributed by atoms with Crippen LogP contribution in [0.4, 0.5) is 4.79 Å². The fourth-order valence-corrected chi connectivity index (χ4v) is 2.90. The number of piperidine rings is 1. The molecule has 1 aliphatic rings. The van der Waals surface area contributed by atoms with Gasteiger partial charge in [-0.3, -0.25) is 4.99 Å². The van der Waals surface area contributed by atoms with Crippen LogP contribution in [0.3, 0.4) is 0 Å². The van der Waals surface area contributed by atoms with Gasteiger partial charge in [0.1, 0.15) is 5.60 Å². The summed E-state index contributed by atoms with van der Waals surface area (Å²) in [6.07, 6.45) is 2.98. The van der Waals surface area contributed by atoms with Gasteiger partial charge in [-0.2, -0.15) is 0 Å². The fourth-order valence-electron chi connectivity index (χ4n) is 2.90. The van der Waals surface area contributed by atoms with E-state index in [4.69, 9.17) is 9.47 Å². The smallest absolute Gasteiger partial charge is 0.410 e. The summed E-state index contributed by atoms with van der Waals surface area (Å²) < 4.78 is 11.1. The molecule has 1 atom stereocenters. The van der Waals surface area contributed by atoms with Crippen LogP contribution in [0.25, 0.3) is 0 Å². The molecule has 152 valence electrons. The minimum Gasteiger partial charge on any atom is -0.444 e. The molecule has 1 saturated heterocycles. The second kappa shape index (κ2) is 10.6. The van der Waals surface area contributed by atoms with E-state index in [9.17, 15) is 4.79 Å². The van der Waals surface area contributed by atoms with E-state index < -0.39 is 5.60 Å². The molecule has 26 heavy (non-hydrogen) atoms. The lowest BCUT2D eigenvalue weighted by atomic mass is 10.1. The summed E-state index contributed by atoms with van der Waals surface area (Å²) in [6, 6.07) is 0.0825. The van der Waals surface area contributed by atoms with Gasteiger partial charge in [-0.1, -0.05) is 0 Å². The number of amides is 1. The normalized spacial score (nSPS) is 17.8. The summed E-state index contributed by atoms with van der Waals surface area (Å²) in [4.78, 5) is 20.4. The van der Waals surface area contributed by atoms with Crippen molar-refractivity contribution in [3.63, 3.8) is 0 Å². The maximum absolute atomic E-state index is 12.1. The molecule has 0 aromatic carbocycles. The van der Waals surface area contributed by atoms with Crippen LogP contribution in [-0.4, -0.2) is 79.9 Å². The summed E-state index contributed by atoms with van der Waals surface area (Å²) >= 11 is 0. The van der Waals surface area contributed by atoms with Gasteiger partial charge in [0, 0.05) is 46.4 Å². The molecule has 0 spiro atoms. The summed E-state index contributed by atoms with van der Waals surface area (Å²) in [6.45, 7) is 13.2. The van der Waals surface area contributed by atoms with Crippen LogP contribution in [0.1, 0.15) is 53.9 Å². The molecule has 1 unspecified atom stereocenters. The maximum Gasteiger partial charge on any atom is 0.410 e. The Labute approximate surface area is 159 Å². The van der Waals surface area contributed by atoms with Crippen molar-refractivity contribution in [2.24, 2.45) is 4.99 Å². The van der Waals surface area contributed by atoms with Gasteiger partial charge in [0.15, 0.2) is 5.96 Å². The third-order valence-electron chi connectivity index (χ3n) is 4.54. The highest BCUT2D eigenvalue weighted by molar-refractivity contribution is 5.79. The van der Waals surface area contributed by atoms with Crippen LogP contribution in [0.2, 0.25) is 0 Å². The first-order valence-corrected chi connectivity index (χ1v) is 9.71. The van der Waals surface area contributed by atoms with E-state index in [2.05, 4.69) is 15.2 Å². The van der Waals surface area contributed by atoms with Gasteiger partial charge in [-0.05, 0) is 53.9 Å². The molecule has 7 heteroatoms. The summed E-state index contributed by atoms with van der Waals surface area (Å²) in [5.74, 6) is 0.923. The van der Waals surface area contributed by atoms with Crippen molar-refractivity contribution in [3.8, 4) is 0 Å². The van der Waals surface area contributed by atoms with Crippen LogP contribution in [0.15, 0.2) is 4.99 Å². The predicted molar refractivity (Wildman–Crippen MR) is 106 cm³/mol. The van der Waals surface area contributed by atoms with Gasteiger partial charge >= 0.3 is 6.09 Å². The van der Waals surface area contributed by atoms with Crippen molar-refractivity contribution in [3.05, 3.63) is 0 Å². The number of nitrogens with one attached hydrogen (secondary N) is 1. The number of guanidine groups is 1. The number of carbonyl (C=O) groups excluding carboxylic acids is 1. The third-order valence-corrected chi connectivity index (χ3v) is 4.54. The van der Waals surface area contributed by atoms with Crippen molar-refractivity contribution >= 4 is 12.1 Å². The zero-order valence-corrected chi connectivity index (χ0v) is 17.7. The molecule has 0 aromatic heterocycles. The van der Waals surface area contributed by atoms with Crippen molar-refractivity contribution in [1.82, 2.24) is 15.1 Å². The van der Waals surface area contributed by atoms with Gasteiger partial charge in [0.05, 0.1) is 6.10 Å². The van der Waals surface area contributed by atoms with Gasteiger partial charge < -0.3 is 24.6 Å². The third kappa shape index (κ3) is 7.81. The first-order valence-electron chi connectivity index (χ1n) is 9.71. The van der Waals surface area contributed by atoms with E-state index >= 15 is 0 Å². The Morgan fingerprint density at radius 1 is 1.35 bits per heavy atom. The lowest BCUT2D eigenvalue weighted by Gasteiger charge is -2.34. The highest BCUT2D eigenvalue weighted by Crippen LogP contribution is 2.14. The monoisotopic (exact) mass is 370 g/mol. The van der Waals surface area contributed by atoms with Crippen LogP contribution in [-0.2, 0) is 9.47 Å². The fraction of sp³-hybridized carbons (Fsp3) is 0.895. The Balaban J connectivity index is 2.37. The standard InChI is InChI=1S/C19H38N4O3/c1-8-25-16-10-13-23(14-11-16)17(20-6)21-12-9-15(2)22(7)18(24)26-19(3,4)5/h15-16H,8-14H2,1-7H3,(H,20,21). The molecular formula is C19H38N4O3. The number of carbonyl (C=O) groups is 1. The van der Waals surface area contributed by atoms with Crippen molar-refractivity contribution in [2.75, 3.05) is 40.3 Å². The van der Waals surface area contributed by atoms with Crippen LogP contribution < -0.4 is 5.32 Å². The molecule has 0 radical (unpaired) electrons. The Hall–Kier alpha value is -1.50. The minimum atomic E-state index is -0.473. The molecular weight excluding hydrogens is 332 g/mol. The largest absolute Gasteiger partial charge is 0.444 e. The highest BCUT2D eigenvalue weighted by Gasteiger charge is 2.24. The highest BCUT2D eigenvalue weighted by atomic mass is 16.6. The van der Waals surface area contributed by atoms with Gasteiger partial charge in [-0.15, -0.1) is 0 Å². The first kappa shape index (κ1) is 22.5. The summed E-state index contributed by atoms with van der Waals surface area (Å²) in [5.41, 5.74) is -0.473. The van der Waals surface area contributed by atoms with Crippen molar-refractivity contribution < 1.29 is 14.3 Å². The number of nitrogens with zero attached hydrogens (tertiary/aromatic N) is 3. The lowest BCUT2D eigenvalue weighted by Crippen LogP contribution is -2.48. The van der Waals surface area contributed by atoms with E-state index in [1.54, 1.807) is 11.9 Å². The maximum atomic E-state index is 12.1. The van der Waals surface area contributed by atoms with E-state index in [1.165, 1.54) is 0 Å². The first-order chi connectivity index (χ1) is 12.2. The molecule has 0 aliphatic carbocycles. The zero-order valence-electron chi connectivity index (χ0n) is 17.7. The van der Waals surface area contributed by atoms with Gasteiger partial charge in [0.2, 0.25) is 0 Å². The van der Waals surface area contributed by atoms with Crippen LogP contribution >= 0.6 is 0 Å². The Morgan fingerprint density at radius 2 is 1.96 bits per heavy atom. The molecule has 1 fully saturated rings. The Bertz CT molecular complexity index is 454. The molecule has 1 rings (SSSR count). The topological polar surface area (TPSA) is 66.4 Å². The molecule has 0 bridgehead atoms. The number of hydrogen-bond donors (Lipinski definition) is 1. The van der Waals surface area contributed by atoms with Gasteiger partial charge in [-0.25, -0.2) is 4.79 Å². The average molecular weight is 371 g/mol. The summed E-state index contributed by atoms with van der Waals surface area (Å²) in [7, 11) is 3.60. The van der Waals surface area contributed by atoms with Crippen molar-refractivity contribution in [2.45, 2.75) is 71.6 Å². The molecule has 7 nitrogen and oxygen atoms in total. The second-order valence-corrected chi connectivity index (χ2v) is 7.84.